The van der Waals surface area contributed by atoms with Gasteiger partial charge in [0, 0.05) is 29.1 Å². The Kier molecular flexibility index (Phi) is 5.95. The first-order chi connectivity index (χ1) is 12.6. The maximum Gasteiger partial charge on any atom is 0.167 e. The number of pyridine rings is 1. The summed E-state index contributed by atoms with van der Waals surface area (Å²) in [5, 5.41) is 5.28. The van der Waals surface area contributed by atoms with Crippen LogP contribution in [0.15, 0.2) is 69.8 Å². The summed E-state index contributed by atoms with van der Waals surface area (Å²) in [6, 6.07) is 19.8. The molecule has 0 amide bonds. The highest BCUT2D eigenvalue weighted by molar-refractivity contribution is 9.10. The SMILES string of the molecule is Cc1ccc(Br)nc1CC(N)c1ccccc1-c1noc2ccccc12.Cl. The molecule has 0 saturated heterocycles. The quantitative estimate of drug-likeness (QED) is 0.415. The summed E-state index contributed by atoms with van der Waals surface area (Å²) in [6.07, 6.45) is 0.651. The third kappa shape index (κ3) is 3.90. The van der Waals surface area contributed by atoms with Gasteiger partial charge in [0.05, 0.1) is 0 Å². The first-order valence-corrected chi connectivity index (χ1v) is 9.24. The van der Waals surface area contributed by atoms with Crippen molar-refractivity contribution < 1.29 is 4.52 Å². The summed E-state index contributed by atoms with van der Waals surface area (Å²) < 4.78 is 6.30. The van der Waals surface area contributed by atoms with Gasteiger partial charge in [0.1, 0.15) is 10.3 Å². The number of aryl methyl sites for hydroxylation is 1. The predicted octanol–water partition coefficient (Wildman–Crippen LogP) is 5.63. The maximum absolute atomic E-state index is 6.58. The lowest BCUT2D eigenvalue weighted by atomic mass is 9.93. The number of nitrogens with zero attached hydrogens (tertiary/aromatic N) is 2. The summed E-state index contributed by atoms with van der Waals surface area (Å²) in [5.41, 5.74) is 12.3. The Hall–Kier alpha value is -2.21. The van der Waals surface area contributed by atoms with E-state index >= 15 is 0 Å². The van der Waals surface area contributed by atoms with Gasteiger partial charge in [-0.25, -0.2) is 4.98 Å². The van der Waals surface area contributed by atoms with Crippen molar-refractivity contribution in [2.24, 2.45) is 5.73 Å². The number of fused-ring (bicyclic) bond motifs is 1. The second kappa shape index (κ2) is 8.21. The van der Waals surface area contributed by atoms with E-state index in [1.165, 1.54) is 0 Å². The molecule has 0 fully saturated rings. The zero-order valence-corrected chi connectivity index (χ0v) is 17.1. The number of benzene rings is 2. The van der Waals surface area contributed by atoms with Crippen molar-refractivity contribution in [1.82, 2.24) is 10.1 Å². The van der Waals surface area contributed by atoms with Crippen molar-refractivity contribution in [2.75, 3.05) is 0 Å². The fraction of sp³-hybridized carbons (Fsp3) is 0.143. The zero-order chi connectivity index (χ0) is 18.1. The van der Waals surface area contributed by atoms with Crippen LogP contribution in [0.1, 0.15) is 22.9 Å². The summed E-state index contributed by atoms with van der Waals surface area (Å²) in [6.45, 7) is 2.05. The van der Waals surface area contributed by atoms with Gasteiger partial charge in [0.25, 0.3) is 0 Å². The summed E-state index contributed by atoms with van der Waals surface area (Å²) in [7, 11) is 0. The van der Waals surface area contributed by atoms with Gasteiger partial charge in [-0.1, -0.05) is 47.6 Å². The molecule has 2 aromatic heterocycles. The summed E-state index contributed by atoms with van der Waals surface area (Å²) in [4.78, 5) is 4.58. The number of hydrogen-bond acceptors (Lipinski definition) is 4. The molecule has 2 aromatic carbocycles. The first-order valence-electron chi connectivity index (χ1n) is 8.45. The van der Waals surface area contributed by atoms with Gasteiger partial charge in [-0.15, -0.1) is 12.4 Å². The molecule has 4 nitrogen and oxygen atoms in total. The van der Waals surface area contributed by atoms with Gasteiger partial charge in [-0.05, 0) is 52.2 Å². The number of nitrogens with two attached hydrogens (primary N) is 1. The minimum absolute atomic E-state index is 0. The van der Waals surface area contributed by atoms with Gasteiger partial charge in [-0.2, -0.15) is 0 Å². The molecule has 27 heavy (non-hydrogen) atoms. The molecule has 0 radical (unpaired) electrons. The molecule has 2 heterocycles. The molecule has 6 heteroatoms. The van der Waals surface area contributed by atoms with Crippen LogP contribution in [0.25, 0.3) is 22.2 Å². The monoisotopic (exact) mass is 443 g/mol. The van der Waals surface area contributed by atoms with Crippen LogP contribution in [0.3, 0.4) is 0 Å². The fourth-order valence-electron chi connectivity index (χ4n) is 3.19. The van der Waals surface area contributed by atoms with Crippen LogP contribution in [0, 0.1) is 6.92 Å². The van der Waals surface area contributed by atoms with Crippen molar-refractivity contribution in [1.29, 1.82) is 0 Å². The number of hydrogen-bond donors (Lipinski definition) is 1. The van der Waals surface area contributed by atoms with E-state index in [2.05, 4.69) is 45.1 Å². The van der Waals surface area contributed by atoms with E-state index in [0.717, 1.165) is 43.7 Å². The Morgan fingerprint density at radius 3 is 2.63 bits per heavy atom. The van der Waals surface area contributed by atoms with Gasteiger partial charge >= 0.3 is 0 Å². The first kappa shape index (κ1) is 19.5. The van der Waals surface area contributed by atoms with E-state index in [4.69, 9.17) is 10.3 Å². The van der Waals surface area contributed by atoms with E-state index in [1.807, 2.05) is 48.5 Å². The largest absolute Gasteiger partial charge is 0.356 e. The maximum atomic E-state index is 6.58. The van der Waals surface area contributed by atoms with Crippen LogP contribution in [0.4, 0.5) is 0 Å². The van der Waals surface area contributed by atoms with Crippen LogP contribution in [0.5, 0.6) is 0 Å². The Morgan fingerprint density at radius 2 is 1.78 bits per heavy atom. The molecule has 0 spiro atoms. The molecule has 4 aromatic rings. The predicted molar refractivity (Wildman–Crippen MR) is 114 cm³/mol. The number of aromatic nitrogens is 2. The molecular weight excluding hydrogens is 426 g/mol. The Balaban J connectivity index is 0.00000210. The third-order valence-corrected chi connectivity index (χ3v) is 5.02. The highest BCUT2D eigenvalue weighted by Crippen LogP contribution is 2.33. The van der Waals surface area contributed by atoms with E-state index in [1.54, 1.807) is 0 Å². The molecule has 0 bridgehead atoms. The molecule has 4 rings (SSSR count). The average molecular weight is 445 g/mol. The summed E-state index contributed by atoms with van der Waals surface area (Å²) in [5.74, 6) is 0. The Labute approximate surface area is 172 Å². The molecule has 0 aliphatic heterocycles. The molecular formula is C21H19BrClN3O. The molecule has 0 aliphatic rings. The van der Waals surface area contributed by atoms with E-state index < -0.39 is 0 Å². The van der Waals surface area contributed by atoms with Crippen molar-refractivity contribution in [2.45, 2.75) is 19.4 Å². The topological polar surface area (TPSA) is 64.9 Å². The molecule has 138 valence electrons. The smallest absolute Gasteiger partial charge is 0.167 e. The van der Waals surface area contributed by atoms with Crippen molar-refractivity contribution >= 4 is 39.3 Å². The van der Waals surface area contributed by atoms with Gasteiger partial charge in [0.2, 0.25) is 0 Å². The molecule has 2 N–H and O–H groups in total. The van der Waals surface area contributed by atoms with E-state index in [0.29, 0.717) is 6.42 Å². The summed E-state index contributed by atoms with van der Waals surface area (Å²) >= 11 is 3.44. The normalized spacial score (nSPS) is 12.0. The standard InChI is InChI=1S/C21H18BrN3O.ClH/c1-13-10-11-20(22)24-18(13)12-17(23)14-6-2-3-7-15(14)21-16-8-4-5-9-19(16)26-25-21;/h2-11,17H,12,23H2,1H3;1H. The molecule has 0 saturated carbocycles. The van der Waals surface area contributed by atoms with Crippen molar-refractivity contribution in [3.8, 4) is 11.3 Å². The van der Waals surface area contributed by atoms with Crippen LogP contribution >= 0.6 is 28.3 Å². The van der Waals surface area contributed by atoms with Crippen molar-refractivity contribution in [3.63, 3.8) is 0 Å². The van der Waals surface area contributed by atoms with Crippen molar-refractivity contribution in [3.05, 3.63) is 82.1 Å². The van der Waals surface area contributed by atoms with E-state index in [-0.39, 0.29) is 18.4 Å². The molecule has 1 unspecified atom stereocenters. The minimum atomic E-state index is -0.192. The molecule has 1 atom stereocenters. The third-order valence-electron chi connectivity index (χ3n) is 4.57. The van der Waals surface area contributed by atoms with Crippen LogP contribution in [-0.4, -0.2) is 10.1 Å². The lowest BCUT2D eigenvalue weighted by molar-refractivity contribution is 0.459. The van der Waals surface area contributed by atoms with E-state index in [9.17, 15) is 0 Å². The van der Waals surface area contributed by atoms with Gasteiger partial charge in [0.15, 0.2) is 5.58 Å². The lowest BCUT2D eigenvalue weighted by Crippen LogP contribution is -2.16. The zero-order valence-electron chi connectivity index (χ0n) is 14.7. The lowest BCUT2D eigenvalue weighted by Gasteiger charge is -2.16. The highest BCUT2D eigenvalue weighted by atomic mass is 79.9. The number of halogens is 2. The second-order valence-electron chi connectivity index (χ2n) is 6.32. The minimum Gasteiger partial charge on any atom is -0.356 e. The second-order valence-corrected chi connectivity index (χ2v) is 7.14. The Morgan fingerprint density at radius 1 is 1.04 bits per heavy atom. The highest BCUT2D eigenvalue weighted by Gasteiger charge is 2.18. The van der Waals surface area contributed by atoms with Crippen LogP contribution in [-0.2, 0) is 6.42 Å². The Bertz CT molecular complexity index is 1080. The number of rotatable bonds is 4. The van der Waals surface area contributed by atoms with Gasteiger partial charge in [-0.3, -0.25) is 0 Å². The van der Waals surface area contributed by atoms with Gasteiger partial charge < -0.3 is 10.3 Å². The number of para-hydroxylation sites is 1. The molecule has 0 aliphatic carbocycles. The fourth-order valence-corrected chi connectivity index (χ4v) is 3.53. The van der Waals surface area contributed by atoms with Crippen LogP contribution < -0.4 is 5.73 Å². The van der Waals surface area contributed by atoms with Crippen LogP contribution in [0.2, 0.25) is 0 Å². The average Bonchev–Trinajstić information content (AvgIpc) is 3.08.